The fraction of sp³-hybridized carbons (Fsp3) is 0.284. The fourth-order valence-corrected chi connectivity index (χ4v) is 18.5. The Balaban J connectivity index is 1.05. The average molecular weight is 1070 g/mol. The van der Waals surface area contributed by atoms with Crippen LogP contribution in [0.4, 0.5) is 22.7 Å². The van der Waals surface area contributed by atoms with Gasteiger partial charge in [0.15, 0.2) is 8.07 Å². The highest BCUT2D eigenvalue weighted by atomic mass is 28.3. The minimum atomic E-state index is -3.16. The maximum Gasteiger partial charge on any atom is 0.179 e. The number of benzene rings is 8. The molecule has 2 fully saturated rings. The number of para-hydroxylation sites is 3. The van der Waals surface area contributed by atoms with E-state index in [1.807, 2.05) is 34.9 Å². The van der Waals surface area contributed by atoms with Gasteiger partial charge in [-0.2, -0.15) is 0 Å². The summed E-state index contributed by atoms with van der Waals surface area (Å²) in [5.41, 5.74) is 11.3. The third kappa shape index (κ3) is 9.43. The van der Waals surface area contributed by atoms with Gasteiger partial charge in [-0.1, -0.05) is 213 Å². The Morgan fingerprint density at radius 2 is 1.04 bits per heavy atom. The van der Waals surface area contributed by atoms with Crippen LogP contribution in [0.5, 0.6) is 11.5 Å². The maximum atomic E-state index is 9.37. The van der Waals surface area contributed by atoms with Crippen molar-refractivity contribution in [1.82, 2.24) is 9.55 Å². The van der Waals surface area contributed by atoms with Crippen molar-refractivity contribution in [2.75, 3.05) is 16.5 Å². The summed E-state index contributed by atoms with van der Waals surface area (Å²) in [7, 11) is -3.16. The van der Waals surface area contributed by atoms with Gasteiger partial charge >= 0.3 is 0 Å². The Morgan fingerprint density at radius 3 is 1.61 bits per heavy atom. The quantitative estimate of drug-likeness (QED) is 0.0955. The van der Waals surface area contributed by atoms with Gasteiger partial charge in [0.25, 0.3) is 0 Å². The Kier molecular flexibility index (Phi) is 12.4. The molecule has 1 aliphatic heterocycles. The van der Waals surface area contributed by atoms with Gasteiger partial charge in [-0.3, -0.25) is 4.57 Å². The van der Waals surface area contributed by atoms with Gasteiger partial charge < -0.3 is 14.5 Å². The largest absolute Gasteiger partial charge is 0.457 e. The van der Waals surface area contributed by atoms with Crippen molar-refractivity contribution >= 4 is 73.4 Å². The Labute approximate surface area is 481 Å². The predicted molar refractivity (Wildman–Crippen MR) is 340 cm³/mol. The summed E-state index contributed by atoms with van der Waals surface area (Å²) < 4.78 is 45.7. The van der Waals surface area contributed by atoms with Crippen LogP contribution in [0, 0.1) is 0 Å². The van der Waals surface area contributed by atoms with E-state index in [0.29, 0.717) is 57.6 Å². The summed E-state index contributed by atoms with van der Waals surface area (Å²) >= 11 is 0. The second-order valence-corrected chi connectivity index (χ2v) is 28.8. The van der Waals surface area contributed by atoms with Gasteiger partial charge in [-0.25, -0.2) is 4.98 Å². The third-order valence-electron chi connectivity index (χ3n) is 17.8. The zero-order valence-electron chi connectivity index (χ0n) is 51.5. The lowest BCUT2D eigenvalue weighted by Gasteiger charge is -2.37. The molecule has 0 atom stereocenters. The molecule has 0 N–H and O–H groups in total. The van der Waals surface area contributed by atoms with Crippen molar-refractivity contribution in [3.8, 4) is 17.3 Å². The van der Waals surface area contributed by atoms with Gasteiger partial charge in [0.2, 0.25) is 0 Å². The second kappa shape index (κ2) is 21.1. The highest BCUT2D eigenvalue weighted by molar-refractivity contribution is 7.20. The van der Waals surface area contributed by atoms with Crippen molar-refractivity contribution in [1.29, 1.82) is 0 Å². The van der Waals surface area contributed by atoms with E-state index in [9.17, 15) is 2.74 Å². The fourth-order valence-electron chi connectivity index (χ4n) is 13.7. The van der Waals surface area contributed by atoms with E-state index in [1.165, 1.54) is 113 Å². The summed E-state index contributed by atoms with van der Waals surface area (Å²) in [5.74, 6) is 2.81. The van der Waals surface area contributed by atoms with Crippen molar-refractivity contribution in [3.05, 3.63) is 229 Å². The molecule has 0 unspecified atom stereocenters. The Bertz CT molecular complexity index is 3950. The van der Waals surface area contributed by atoms with E-state index in [2.05, 4.69) is 197 Å². The van der Waals surface area contributed by atoms with Gasteiger partial charge in [0.05, 0.1) is 27.9 Å². The molecular formula is C74H76N4OSi. The van der Waals surface area contributed by atoms with E-state index in [1.54, 1.807) is 6.20 Å². The minimum absolute atomic E-state index is 0.00518. The zero-order chi connectivity index (χ0) is 58.1. The van der Waals surface area contributed by atoms with Crippen LogP contribution >= 0.6 is 0 Å². The van der Waals surface area contributed by atoms with E-state index >= 15 is 0 Å². The van der Waals surface area contributed by atoms with Crippen molar-refractivity contribution in [2.24, 2.45) is 0 Å². The van der Waals surface area contributed by atoms with Crippen molar-refractivity contribution in [3.63, 3.8) is 0 Å². The first-order chi connectivity index (χ1) is 40.6. The number of anilines is 4. The molecule has 3 heterocycles. The molecule has 13 rings (SSSR count). The minimum Gasteiger partial charge on any atom is -0.457 e. The summed E-state index contributed by atoms with van der Waals surface area (Å²) in [6, 6.07) is 63.8. The number of pyridine rings is 1. The molecule has 0 amide bonds. The topological polar surface area (TPSA) is 33.5 Å². The van der Waals surface area contributed by atoms with Crippen LogP contribution in [0.3, 0.4) is 0 Å². The molecule has 3 aliphatic rings. The Hall–Kier alpha value is -7.67. The molecule has 402 valence electrons. The average Bonchev–Trinajstić information content (AvgIpc) is 4.05. The van der Waals surface area contributed by atoms with E-state index in [4.69, 9.17) is 12.5 Å². The molecule has 2 aliphatic carbocycles. The molecule has 0 radical (unpaired) electrons. The normalized spacial score (nSPS) is 16.4. The number of rotatable bonds is 11. The molecule has 8 aromatic carbocycles. The zero-order valence-corrected chi connectivity index (χ0v) is 48.5. The first-order valence-electron chi connectivity index (χ1n) is 31.4. The number of aromatic nitrogens is 2. The highest BCUT2D eigenvalue weighted by Gasteiger charge is 2.43. The molecule has 2 saturated carbocycles. The molecule has 0 spiro atoms. The van der Waals surface area contributed by atoms with Gasteiger partial charge in [0.1, 0.15) is 24.0 Å². The van der Waals surface area contributed by atoms with Crippen molar-refractivity contribution < 1.29 is 10.2 Å². The lowest BCUT2D eigenvalue weighted by molar-refractivity contribution is 0.434. The summed E-state index contributed by atoms with van der Waals surface area (Å²) in [6.07, 6.45) is 14.3. The van der Waals surface area contributed by atoms with Crippen LogP contribution in [0.15, 0.2) is 206 Å². The van der Waals surface area contributed by atoms with Crippen LogP contribution in [0.25, 0.3) is 27.6 Å². The number of fused-ring (bicyclic) bond motifs is 4. The number of ether oxygens (including phenoxy) is 1. The summed E-state index contributed by atoms with van der Waals surface area (Å²) in [4.78, 5) is 10.1. The molecule has 10 aromatic rings. The lowest BCUT2D eigenvalue weighted by atomic mass is 9.74. The summed E-state index contributed by atoms with van der Waals surface area (Å²) in [6.45, 7) is 14.3. The van der Waals surface area contributed by atoms with Crippen LogP contribution < -0.4 is 35.3 Å². The van der Waals surface area contributed by atoms with Crippen LogP contribution in [0.1, 0.15) is 145 Å². The highest BCUT2D eigenvalue weighted by Crippen LogP contribution is 2.53. The monoisotopic (exact) mass is 1070 g/mol. The van der Waals surface area contributed by atoms with Gasteiger partial charge in [0, 0.05) is 40.5 Å². The summed E-state index contributed by atoms with van der Waals surface area (Å²) in [5, 5.41) is 6.10. The predicted octanol–water partition coefficient (Wildman–Crippen LogP) is 17.3. The third-order valence-corrected chi connectivity index (χ3v) is 22.6. The molecule has 0 bridgehead atoms. The smallest absolute Gasteiger partial charge is 0.179 e. The first-order valence-corrected chi connectivity index (χ1v) is 31.4. The van der Waals surface area contributed by atoms with Crippen molar-refractivity contribution in [2.45, 2.75) is 128 Å². The van der Waals surface area contributed by atoms with E-state index in [-0.39, 0.29) is 35.0 Å². The number of nitrogens with zero attached hydrogens (tertiary/aromatic N) is 4. The molecule has 6 heteroatoms. The standard InChI is InChI=1S/C74H76N4OSi/c1-73(2,3)54-42-43-75-71(46-54)78-67-37-23-22-36-63(67)64-41-40-57(50-70(64)78)79-58-47-56(48-62(49-58)80(59-30-16-9-17-31-59,60-32-18-10-19-33-60)61-34-20-11-21-35-61)76-51-77(69-39-25-24-38-68(69)76)72-65(52-26-12-7-13-27-52)44-55(74(4,5)6)45-66(72)53-28-14-8-15-29-53/h9-11,16-25,30-50,52-53H,7-8,12-15,26-29,51H2,1-6H3/i22D,23D,36D,37D. The van der Waals surface area contributed by atoms with Gasteiger partial charge in [-0.15, -0.1) is 0 Å². The number of hydrogen-bond donors (Lipinski definition) is 0. The van der Waals surface area contributed by atoms with Crippen LogP contribution in [-0.4, -0.2) is 24.3 Å². The molecule has 0 saturated heterocycles. The van der Waals surface area contributed by atoms with E-state index < -0.39 is 8.07 Å². The Morgan fingerprint density at radius 1 is 0.487 bits per heavy atom. The SMILES string of the molecule is [2H]c1c([2H])c([2H])c2c(c1[2H])c1ccc(Oc3cc(N4CN(c5c(C6CCCCC6)cc(C(C)(C)C)cc5C5CCCCC5)c5ccccc54)cc([Si](c4ccccc4)(c4ccccc4)c4ccccc4)c3)cc1n2-c1cc(C(C)(C)C)ccn1. The molecule has 80 heavy (non-hydrogen) atoms. The maximum absolute atomic E-state index is 9.37. The van der Waals surface area contributed by atoms with Crippen LogP contribution in [0.2, 0.25) is 0 Å². The molecular weight excluding hydrogens is 989 g/mol. The lowest BCUT2D eigenvalue weighted by Crippen LogP contribution is -2.74. The van der Waals surface area contributed by atoms with Gasteiger partial charge in [-0.05, 0) is 146 Å². The first kappa shape index (κ1) is 47.2. The molecule has 5 nitrogen and oxygen atoms in total. The second-order valence-electron chi connectivity index (χ2n) is 25.0. The molecule has 2 aromatic heterocycles. The van der Waals surface area contributed by atoms with Crippen LogP contribution in [-0.2, 0) is 10.8 Å². The number of hydrogen-bond acceptors (Lipinski definition) is 4. The van der Waals surface area contributed by atoms with E-state index in [0.717, 1.165) is 16.9 Å².